The molecule has 0 unspecified atom stereocenters. The molecule has 0 aliphatic rings. The predicted molar refractivity (Wildman–Crippen MR) is 71.1 cm³/mol. The maximum Gasteiger partial charge on any atom is 0.315 e. The summed E-state index contributed by atoms with van der Waals surface area (Å²) in [5, 5.41) is 20.5. The molecule has 21 heavy (non-hydrogen) atoms. The molecule has 0 bridgehead atoms. The number of halogens is 1. The number of phenols is 1. The van der Waals surface area contributed by atoms with Gasteiger partial charge >= 0.3 is 5.69 Å². The molecule has 0 aliphatic heterocycles. The number of ketones is 1. The molecule has 2 aromatic carbocycles. The van der Waals surface area contributed by atoms with E-state index in [1.54, 1.807) is 0 Å². The summed E-state index contributed by atoms with van der Waals surface area (Å²) in [7, 11) is 1.21. The monoisotopic (exact) mass is 291 g/mol. The second-order valence-electron chi connectivity index (χ2n) is 4.14. The normalized spacial score (nSPS) is 10.2. The van der Waals surface area contributed by atoms with Crippen molar-refractivity contribution in [3.8, 4) is 11.5 Å². The quantitative estimate of drug-likeness (QED) is 0.531. The number of benzene rings is 2. The van der Waals surface area contributed by atoms with Crippen molar-refractivity contribution in [2.45, 2.75) is 0 Å². The molecular weight excluding hydrogens is 281 g/mol. The first-order valence-electron chi connectivity index (χ1n) is 5.79. The standard InChI is InChI=1S/C14H10FNO5/c1-21-12-7-9(6-11(14(12)18)16(19)20)13(17)8-2-4-10(15)5-3-8/h2-7,18H,1H3. The highest BCUT2D eigenvalue weighted by atomic mass is 19.1. The summed E-state index contributed by atoms with van der Waals surface area (Å²) in [5.41, 5.74) is -0.513. The molecule has 6 nitrogen and oxygen atoms in total. The summed E-state index contributed by atoms with van der Waals surface area (Å²) in [4.78, 5) is 22.3. The Hall–Kier alpha value is -2.96. The van der Waals surface area contributed by atoms with Crippen LogP contribution in [0.3, 0.4) is 0 Å². The van der Waals surface area contributed by atoms with Crippen LogP contribution in [0.5, 0.6) is 11.5 Å². The minimum atomic E-state index is -0.820. The number of nitrogens with zero attached hydrogens (tertiary/aromatic N) is 1. The van der Waals surface area contributed by atoms with Gasteiger partial charge in [0.2, 0.25) is 5.75 Å². The molecule has 0 atom stereocenters. The summed E-state index contributed by atoms with van der Waals surface area (Å²) >= 11 is 0. The minimum absolute atomic E-state index is 0.0389. The van der Waals surface area contributed by atoms with E-state index in [2.05, 4.69) is 0 Å². The molecule has 0 saturated heterocycles. The largest absolute Gasteiger partial charge is 0.500 e. The lowest BCUT2D eigenvalue weighted by atomic mass is 10.0. The number of aromatic hydroxyl groups is 1. The van der Waals surface area contributed by atoms with Gasteiger partial charge in [-0.05, 0) is 30.3 Å². The first-order chi connectivity index (χ1) is 9.93. The molecule has 0 saturated carbocycles. The molecule has 0 aliphatic carbocycles. The van der Waals surface area contributed by atoms with Gasteiger partial charge in [0, 0.05) is 17.2 Å². The maximum atomic E-state index is 12.8. The lowest BCUT2D eigenvalue weighted by molar-refractivity contribution is -0.386. The Balaban J connectivity index is 2.53. The van der Waals surface area contributed by atoms with Crippen LogP contribution in [-0.4, -0.2) is 22.9 Å². The van der Waals surface area contributed by atoms with Gasteiger partial charge in [0.05, 0.1) is 12.0 Å². The van der Waals surface area contributed by atoms with Crippen LogP contribution in [0.4, 0.5) is 10.1 Å². The number of rotatable bonds is 4. The smallest absolute Gasteiger partial charge is 0.315 e. The van der Waals surface area contributed by atoms with E-state index in [-0.39, 0.29) is 16.9 Å². The predicted octanol–water partition coefficient (Wildman–Crippen LogP) is 2.68. The highest BCUT2D eigenvalue weighted by molar-refractivity contribution is 6.09. The van der Waals surface area contributed by atoms with Crippen LogP contribution in [-0.2, 0) is 0 Å². The zero-order chi connectivity index (χ0) is 15.6. The summed E-state index contributed by atoms with van der Waals surface area (Å²) in [6.07, 6.45) is 0. The second-order valence-corrected chi connectivity index (χ2v) is 4.14. The molecule has 0 radical (unpaired) electrons. The Kier molecular flexibility index (Phi) is 3.84. The van der Waals surface area contributed by atoms with Crippen LogP contribution in [0.25, 0.3) is 0 Å². The summed E-state index contributed by atoms with van der Waals surface area (Å²) in [6.45, 7) is 0. The van der Waals surface area contributed by atoms with E-state index in [1.165, 1.54) is 25.3 Å². The van der Waals surface area contributed by atoms with E-state index in [0.717, 1.165) is 18.2 Å². The number of nitro groups is 1. The zero-order valence-corrected chi connectivity index (χ0v) is 10.9. The average molecular weight is 291 g/mol. The summed E-state index contributed by atoms with van der Waals surface area (Å²) < 4.78 is 17.7. The fourth-order valence-electron chi connectivity index (χ4n) is 1.79. The van der Waals surface area contributed by atoms with Crippen LogP contribution < -0.4 is 4.74 Å². The highest BCUT2D eigenvalue weighted by Crippen LogP contribution is 2.37. The number of ether oxygens (including phenoxy) is 1. The van der Waals surface area contributed by atoms with E-state index in [9.17, 15) is 24.4 Å². The van der Waals surface area contributed by atoms with Gasteiger partial charge in [0.1, 0.15) is 5.82 Å². The molecule has 7 heteroatoms. The van der Waals surface area contributed by atoms with Gasteiger partial charge in [-0.1, -0.05) is 0 Å². The Labute approximate surface area is 118 Å². The maximum absolute atomic E-state index is 12.8. The zero-order valence-electron chi connectivity index (χ0n) is 10.9. The van der Waals surface area contributed by atoms with Crippen molar-refractivity contribution in [2.75, 3.05) is 7.11 Å². The fraction of sp³-hybridized carbons (Fsp3) is 0.0714. The van der Waals surface area contributed by atoms with Gasteiger partial charge in [-0.3, -0.25) is 14.9 Å². The van der Waals surface area contributed by atoms with Gasteiger partial charge in [-0.25, -0.2) is 4.39 Å². The number of carbonyl (C=O) groups is 1. The van der Waals surface area contributed by atoms with Gasteiger partial charge in [-0.15, -0.1) is 0 Å². The molecule has 0 spiro atoms. The number of carbonyl (C=O) groups excluding carboxylic acids is 1. The van der Waals surface area contributed by atoms with Gasteiger partial charge in [0.25, 0.3) is 0 Å². The van der Waals surface area contributed by atoms with Gasteiger partial charge in [0.15, 0.2) is 11.5 Å². The molecule has 0 heterocycles. The third-order valence-corrected chi connectivity index (χ3v) is 2.84. The van der Waals surface area contributed by atoms with Crippen molar-refractivity contribution in [3.05, 3.63) is 63.5 Å². The van der Waals surface area contributed by atoms with Crippen molar-refractivity contribution in [3.63, 3.8) is 0 Å². The molecular formula is C14H10FNO5. The van der Waals surface area contributed by atoms with Crippen LogP contribution in [0.15, 0.2) is 36.4 Å². The fourth-order valence-corrected chi connectivity index (χ4v) is 1.79. The minimum Gasteiger partial charge on any atom is -0.500 e. The third kappa shape index (κ3) is 2.81. The molecule has 2 aromatic rings. The molecule has 0 amide bonds. The number of nitro benzene ring substituents is 1. The summed E-state index contributed by atoms with van der Waals surface area (Å²) in [6, 6.07) is 6.89. The van der Waals surface area contributed by atoms with E-state index in [4.69, 9.17) is 4.74 Å². The number of hydrogen-bond acceptors (Lipinski definition) is 5. The molecule has 1 N–H and O–H groups in total. The van der Waals surface area contributed by atoms with Crippen LogP contribution in [0.1, 0.15) is 15.9 Å². The number of phenolic OH excluding ortho intramolecular Hbond substituents is 1. The molecule has 0 fully saturated rings. The van der Waals surface area contributed by atoms with Crippen molar-refractivity contribution in [2.24, 2.45) is 0 Å². The highest BCUT2D eigenvalue weighted by Gasteiger charge is 2.23. The van der Waals surface area contributed by atoms with Crippen molar-refractivity contribution >= 4 is 11.5 Å². The van der Waals surface area contributed by atoms with Crippen molar-refractivity contribution in [1.29, 1.82) is 0 Å². The SMILES string of the molecule is COc1cc(C(=O)c2ccc(F)cc2)cc([N+](=O)[O-])c1O. The van der Waals surface area contributed by atoms with E-state index < -0.39 is 28.0 Å². The Morgan fingerprint density at radius 3 is 2.38 bits per heavy atom. The van der Waals surface area contributed by atoms with E-state index in [0.29, 0.717) is 0 Å². The van der Waals surface area contributed by atoms with Crippen LogP contribution >= 0.6 is 0 Å². The van der Waals surface area contributed by atoms with Gasteiger partial charge in [-0.2, -0.15) is 0 Å². The third-order valence-electron chi connectivity index (χ3n) is 2.84. The Bertz CT molecular complexity index is 712. The first kappa shape index (κ1) is 14.4. The lowest BCUT2D eigenvalue weighted by Crippen LogP contribution is -2.03. The molecule has 2 rings (SSSR count). The Morgan fingerprint density at radius 1 is 1.24 bits per heavy atom. The second kappa shape index (κ2) is 5.58. The van der Waals surface area contributed by atoms with Crippen molar-refractivity contribution < 1.29 is 24.0 Å². The number of hydrogen-bond donors (Lipinski definition) is 1. The molecule has 0 aromatic heterocycles. The van der Waals surface area contributed by atoms with E-state index >= 15 is 0 Å². The first-order valence-corrected chi connectivity index (χ1v) is 5.79. The average Bonchev–Trinajstić information content (AvgIpc) is 2.47. The van der Waals surface area contributed by atoms with E-state index in [1.807, 2.05) is 0 Å². The Morgan fingerprint density at radius 2 is 1.86 bits per heavy atom. The summed E-state index contributed by atoms with van der Waals surface area (Å²) in [5.74, 6) is -1.88. The topological polar surface area (TPSA) is 89.7 Å². The number of methoxy groups -OCH3 is 1. The van der Waals surface area contributed by atoms with Crippen LogP contribution in [0.2, 0.25) is 0 Å². The van der Waals surface area contributed by atoms with Crippen molar-refractivity contribution in [1.82, 2.24) is 0 Å². The van der Waals surface area contributed by atoms with Crippen LogP contribution in [0, 0.1) is 15.9 Å². The van der Waals surface area contributed by atoms with Gasteiger partial charge < -0.3 is 9.84 Å². The molecule has 108 valence electrons. The lowest BCUT2D eigenvalue weighted by Gasteiger charge is -2.07.